The van der Waals surface area contributed by atoms with Gasteiger partial charge < -0.3 is 15.0 Å². The van der Waals surface area contributed by atoms with E-state index in [2.05, 4.69) is 10.0 Å². The van der Waals surface area contributed by atoms with Crippen LogP contribution in [0.1, 0.15) is 29.6 Å². The average Bonchev–Trinajstić information content (AvgIpc) is 3.33. The lowest BCUT2D eigenvalue weighted by molar-refractivity contribution is -0.128. The number of likely N-dealkylation sites (tertiary alicyclic amines) is 1. The second-order valence-corrected chi connectivity index (χ2v) is 8.24. The van der Waals surface area contributed by atoms with Crippen molar-refractivity contribution in [1.82, 2.24) is 14.9 Å². The third-order valence-electron chi connectivity index (χ3n) is 4.54. The van der Waals surface area contributed by atoms with Gasteiger partial charge in [0.15, 0.2) is 0 Å². The second kappa shape index (κ2) is 8.15. The predicted molar refractivity (Wildman–Crippen MR) is 94.1 cm³/mol. The summed E-state index contributed by atoms with van der Waals surface area (Å²) in [5, 5.41) is 2.82. The Morgan fingerprint density at radius 1 is 1.23 bits per heavy atom. The van der Waals surface area contributed by atoms with E-state index in [1.165, 1.54) is 18.2 Å². The lowest BCUT2D eigenvalue weighted by Gasteiger charge is -2.16. The van der Waals surface area contributed by atoms with Gasteiger partial charge in [0.2, 0.25) is 15.9 Å². The topological polar surface area (TPSA) is 105 Å². The molecule has 1 aromatic carbocycles. The summed E-state index contributed by atoms with van der Waals surface area (Å²) >= 11 is 0. The van der Waals surface area contributed by atoms with Gasteiger partial charge in [-0.1, -0.05) is 6.07 Å². The SMILES string of the molecule is O=C(N[C@H]1CCOC1)c1cccc(S(=O)(=O)NCC(=O)N2CCCC2)c1. The van der Waals surface area contributed by atoms with Crippen LogP contribution in [0.25, 0.3) is 0 Å². The summed E-state index contributed by atoms with van der Waals surface area (Å²) in [6.07, 6.45) is 2.63. The molecule has 0 bridgehead atoms. The summed E-state index contributed by atoms with van der Waals surface area (Å²) in [7, 11) is -3.87. The largest absolute Gasteiger partial charge is 0.379 e. The number of hydrogen-bond acceptors (Lipinski definition) is 5. The van der Waals surface area contributed by atoms with E-state index in [-0.39, 0.29) is 34.9 Å². The molecule has 8 nitrogen and oxygen atoms in total. The number of sulfonamides is 1. The van der Waals surface area contributed by atoms with Gasteiger partial charge in [0.1, 0.15) is 0 Å². The van der Waals surface area contributed by atoms with Crippen LogP contribution in [0.5, 0.6) is 0 Å². The minimum absolute atomic E-state index is 0.0398. The molecule has 2 fully saturated rings. The van der Waals surface area contributed by atoms with Crippen LogP contribution in [0.3, 0.4) is 0 Å². The molecule has 26 heavy (non-hydrogen) atoms. The maximum atomic E-state index is 12.4. The first-order valence-corrected chi connectivity index (χ1v) is 10.2. The van der Waals surface area contributed by atoms with Crippen LogP contribution < -0.4 is 10.0 Å². The van der Waals surface area contributed by atoms with Gasteiger partial charge in [-0.3, -0.25) is 9.59 Å². The van der Waals surface area contributed by atoms with E-state index in [1.54, 1.807) is 11.0 Å². The number of benzene rings is 1. The van der Waals surface area contributed by atoms with Crippen molar-refractivity contribution in [1.29, 1.82) is 0 Å². The highest BCUT2D eigenvalue weighted by molar-refractivity contribution is 7.89. The molecule has 2 N–H and O–H groups in total. The highest BCUT2D eigenvalue weighted by Crippen LogP contribution is 2.13. The minimum Gasteiger partial charge on any atom is -0.379 e. The van der Waals surface area contributed by atoms with E-state index >= 15 is 0 Å². The van der Waals surface area contributed by atoms with Crippen LogP contribution in [0.15, 0.2) is 29.2 Å². The zero-order valence-corrected chi connectivity index (χ0v) is 15.3. The molecule has 2 saturated heterocycles. The molecule has 2 heterocycles. The van der Waals surface area contributed by atoms with Crippen molar-refractivity contribution < 1.29 is 22.7 Å². The van der Waals surface area contributed by atoms with Gasteiger partial charge in [-0.25, -0.2) is 13.1 Å². The Kier molecular flexibility index (Phi) is 5.90. The van der Waals surface area contributed by atoms with Crippen LogP contribution in [0, 0.1) is 0 Å². The van der Waals surface area contributed by atoms with Crippen molar-refractivity contribution in [3.63, 3.8) is 0 Å². The van der Waals surface area contributed by atoms with Gasteiger partial charge in [0, 0.05) is 25.3 Å². The quantitative estimate of drug-likeness (QED) is 0.728. The van der Waals surface area contributed by atoms with Crippen LogP contribution in [-0.2, 0) is 19.6 Å². The molecule has 2 aliphatic heterocycles. The van der Waals surface area contributed by atoms with Crippen molar-refractivity contribution in [3.8, 4) is 0 Å². The number of nitrogens with zero attached hydrogens (tertiary/aromatic N) is 1. The number of amides is 2. The fourth-order valence-corrected chi connectivity index (χ4v) is 4.06. The molecule has 2 amide bonds. The molecule has 1 atom stereocenters. The second-order valence-electron chi connectivity index (χ2n) is 6.47. The zero-order valence-electron chi connectivity index (χ0n) is 14.4. The van der Waals surface area contributed by atoms with E-state index in [9.17, 15) is 18.0 Å². The van der Waals surface area contributed by atoms with Gasteiger partial charge >= 0.3 is 0 Å². The summed E-state index contributed by atoms with van der Waals surface area (Å²) in [6, 6.07) is 5.72. The zero-order chi connectivity index (χ0) is 18.6. The Morgan fingerprint density at radius 3 is 2.69 bits per heavy atom. The lowest BCUT2D eigenvalue weighted by Crippen LogP contribution is -2.38. The Bertz CT molecular complexity index is 768. The molecule has 0 unspecified atom stereocenters. The van der Waals surface area contributed by atoms with Crippen molar-refractivity contribution in [3.05, 3.63) is 29.8 Å². The predicted octanol–water partition coefficient (Wildman–Crippen LogP) is 0.106. The maximum Gasteiger partial charge on any atom is 0.251 e. The fraction of sp³-hybridized carbons (Fsp3) is 0.529. The molecule has 0 saturated carbocycles. The average molecular weight is 381 g/mol. The summed E-state index contributed by atoms with van der Waals surface area (Å²) in [5.41, 5.74) is 0.255. The van der Waals surface area contributed by atoms with Crippen LogP contribution in [0.4, 0.5) is 0 Å². The molecule has 2 aliphatic rings. The molecule has 1 aromatic rings. The molecular formula is C17H23N3O5S. The molecule has 9 heteroatoms. The summed E-state index contributed by atoms with van der Waals surface area (Å²) in [5.74, 6) is -0.577. The van der Waals surface area contributed by atoms with Gasteiger partial charge in [-0.2, -0.15) is 0 Å². The molecule has 0 radical (unpaired) electrons. The highest BCUT2D eigenvalue weighted by Gasteiger charge is 2.23. The van der Waals surface area contributed by atoms with E-state index in [4.69, 9.17) is 4.74 Å². The molecule has 0 aliphatic carbocycles. The maximum absolute atomic E-state index is 12.4. The molecule has 0 spiro atoms. The van der Waals surface area contributed by atoms with Gasteiger partial charge in [-0.05, 0) is 37.5 Å². The minimum atomic E-state index is -3.87. The van der Waals surface area contributed by atoms with E-state index in [0.29, 0.717) is 26.3 Å². The summed E-state index contributed by atoms with van der Waals surface area (Å²) in [6.45, 7) is 2.12. The van der Waals surface area contributed by atoms with E-state index < -0.39 is 10.0 Å². The number of nitrogens with one attached hydrogen (secondary N) is 2. The van der Waals surface area contributed by atoms with Gasteiger partial charge in [-0.15, -0.1) is 0 Å². The lowest BCUT2D eigenvalue weighted by atomic mass is 10.2. The number of carbonyl (C=O) groups excluding carboxylic acids is 2. The number of hydrogen-bond donors (Lipinski definition) is 2. The Hall–Kier alpha value is -1.97. The standard InChI is InChI=1S/C17H23N3O5S/c21-16(20-7-1-2-8-20)11-18-26(23,24)15-5-3-4-13(10-15)17(22)19-14-6-9-25-12-14/h3-5,10,14,18H,1-2,6-9,11-12H2,(H,19,22)/t14-/m0/s1. The summed E-state index contributed by atoms with van der Waals surface area (Å²) in [4.78, 5) is 25.9. The summed E-state index contributed by atoms with van der Waals surface area (Å²) < 4.78 is 32.4. The number of carbonyl (C=O) groups is 2. The normalized spacial score (nSPS) is 20.3. The molecule has 3 rings (SSSR count). The van der Waals surface area contributed by atoms with Gasteiger partial charge in [0.25, 0.3) is 5.91 Å². The van der Waals surface area contributed by atoms with Crippen LogP contribution in [0.2, 0.25) is 0 Å². The smallest absolute Gasteiger partial charge is 0.251 e. The van der Waals surface area contributed by atoms with Crippen molar-refractivity contribution in [2.24, 2.45) is 0 Å². The first kappa shape index (κ1) is 18.8. The Morgan fingerprint density at radius 2 is 2.00 bits per heavy atom. The third kappa shape index (κ3) is 4.60. The Labute approximate surface area is 152 Å². The number of rotatable bonds is 6. The molecular weight excluding hydrogens is 358 g/mol. The van der Waals surface area contributed by atoms with Crippen LogP contribution >= 0.6 is 0 Å². The van der Waals surface area contributed by atoms with Crippen molar-refractivity contribution >= 4 is 21.8 Å². The first-order valence-electron chi connectivity index (χ1n) is 8.72. The highest BCUT2D eigenvalue weighted by atomic mass is 32.2. The van der Waals surface area contributed by atoms with Crippen molar-refractivity contribution in [2.75, 3.05) is 32.8 Å². The third-order valence-corrected chi connectivity index (χ3v) is 5.94. The molecule has 0 aromatic heterocycles. The monoisotopic (exact) mass is 381 g/mol. The van der Waals surface area contributed by atoms with Crippen molar-refractivity contribution in [2.45, 2.75) is 30.2 Å². The van der Waals surface area contributed by atoms with E-state index in [1.807, 2.05) is 0 Å². The van der Waals surface area contributed by atoms with Crippen LogP contribution in [-0.4, -0.2) is 64.0 Å². The number of ether oxygens (including phenoxy) is 1. The van der Waals surface area contributed by atoms with Gasteiger partial charge in [0.05, 0.1) is 24.1 Å². The fourth-order valence-electron chi connectivity index (χ4n) is 3.04. The Balaban J connectivity index is 1.63. The first-order chi connectivity index (χ1) is 12.5. The molecule has 142 valence electrons. The van der Waals surface area contributed by atoms with E-state index in [0.717, 1.165) is 19.3 Å².